The molecule has 0 saturated carbocycles. The van der Waals surface area contributed by atoms with E-state index in [1.165, 1.54) is 16.5 Å². The number of para-hydroxylation sites is 1. The van der Waals surface area contributed by atoms with Crippen molar-refractivity contribution < 1.29 is 4.74 Å². The smallest absolute Gasteiger partial charge is 0.213 e. The number of aromatic nitrogens is 2. The molecule has 2 heterocycles. The molecule has 1 aromatic carbocycles. The van der Waals surface area contributed by atoms with Crippen LogP contribution in [0.4, 0.5) is 0 Å². The van der Waals surface area contributed by atoms with E-state index >= 15 is 0 Å². The number of hydrogen-bond acceptors (Lipinski definition) is 3. The van der Waals surface area contributed by atoms with Gasteiger partial charge in [-0.25, -0.2) is 4.98 Å². The highest BCUT2D eigenvalue weighted by Crippen LogP contribution is 2.20. The Bertz CT molecular complexity index is 704. The third kappa shape index (κ3) is 2.40. The van der Waals surface area contributed by atoms with Crippen molar-refractivity contribution >= 4 is 10.9 Å². The minimum atomic E-state index is 0.649. The van der Waals surface area contributed by atoms with Gasteiger partial charge in [0.25, 0.3) is 0 Å². The zero-order chi connectivity index (χ0) is 13.1. The van der Waals surface area contributed by atoms with Gasteiger partial charge in [-0.1, -0.05) is 18.2 Å². The van der Waals surface area contributed by atoms with Crippen LogP contribution in [-0.4, -0.2) is 17.1 Å². The highest BCUT2D eigenvalue weighted by atomic mass is 16.5. The predicted octanol–water partition coefficient (Wildman–Crippen LogP) is 3.23. The van der Waals surface area contributed by atoms with E-state index in [2.05, 4.69) is 22.1 Å². The van der Waals surface area contributed by atoms with Crippen LogP contribution in [0, 0.1) is 0 Å². The van der Waals surface area contributed by atoms with Crippen molar-refractivity contribution in [3.05, 3.63) is 66.0 Å². The predicted molar refractivity (Wildman–Crippen MR) is 75.3 cm³/mol. The van der Waals surface area contributed by atoms with Gasteiger partial charge in [-0.05, 0) is 35.7 Å². The largest absolute Gasteiger partial charge is 0.481 e. The fourth-order valence-corrected chi connectivity index (χ4v) is 2.20. The quantitative estimate of drug-likeness (QED) is 0.715. The Morgan fingerprint density at radius 1 is 1.00 bits per heavy atom. The molecular formula is C16H14N2O. The summed E-state index contributed by atoms with van der Waals surface area (Å²) in [6, 6.07) is 14.2. The van der Waals surface area contributed by atoms with Gasteiger partial charge < -0.3 is 4.74 Å². The Hall–Kier alpha value is -2.42. The molecule has 19 heavy (non-hydrogen) atoms. The summed E-state index contributed by atoms with van der Waals surface area (Å²) >= 11 is 0. The van der Waals surface area contributed by atoms with Crippen LogP contribution in [0.3, 0.4) is 0 Å². The minimum Gasteiger partial charge on any atom is -0.481 e. The summed E-state index contributed by atoms with van der Waals surface area (Å²) in [6.07, 6.45) is 4.48. The summed E-state index contributed by atoms with van der Waals surface area (Å²) < 4.78 is 5.16. The van der Waals surface area contributed by atoms with Crippen LogP contribution in [0.25, 0.3) is 10.9 Å². The molecule has 0 aliphatic carbocycles. The van der Waals surface area contributed by atoms with E-state index in [1.54, 1.807) is 13.3 Å². The van der Waals surface area contributed by atoms with E-state index < -0.39 is 0 Å². The van der Waals surface area contributed by atoms with Crippen molar-refractivity contribution in [3.63, 3.8) is 0 Å². The molecule has 0 N–H and O–H groups in total. The number of fused-ring (bicyclic) bond motifs is 1. The molecule has 3 rings (SSSR count). The number of pyridine rings is 2. The molecule has 0 fully saturated rings. The van der Waals surface area contributed by atoms with Gasteiger partial charge in [-0.2, -0.15) is 0 Å². The summed E-state index contributed by atoms with van der Waals surface area (Å²) in [7, 11) is 1.63. The van der Waals surface area contributed by atoms with Crippen LogP contribution in [-0.2, 0) is 6.42 Å². The van der Waals surface area contributed by atoms with E-state index in [4.69, 9.17) is 4.74 Å². The molecule has 0 aliphatic heterocycles. The maximum Gasteiger partial charge on any atom is 0.213 e. The first kappa shape index (κ1) is 11.7. The fraction of sp³-hybridized carbons (Fsp3) is 0.125. The molecule has 94 valence electrons. The van der Waals surface area contributed by atoms with Crippen molar-refractivity contribution in [2.45, 2.75) is 6.42 Å². The van der Waals surface area contributed by atoms with Crippen LogP contribution >= 0.6 is 0 Å². The summed E-state index contributed by atoms with van der Waals surface area (Å²) in [5.41, 5.74) is 3.48. The standard InChI is InChI=1S/C16H14N2O/c1-19-16-11-12(6-8-18-16)10-13-7-9-17-15-5-3-2-4-14(13)15/h2-9,11H,10H2,1H3. The normalized spacial score (nSPS) is 10.6. The zero-order valence-electron chi connectivity index (χ0n) is 10.7. The van der Waals surface area contributed by atoms with E-state index in [9.17, 15) is 0 Å². The molecule has 0 radical (unpaired) electrons. The lowest BCUT2D eigenvalue weighted by molar-refractivity contribution is 0.397. The lowest BCUT2D eigenvalue weighted by atomic mass is 10.0. The summed E-state index contributed by atoms with van der Waals surface area (Å²) in [4.78, 5) is 8.51. The SMILES string of the molecule is COc1cc(Cc2ccnc3ccccc23)ccn1. The second-order valence-electron chi connectivity index (χ2n) is 4.37. The molecule has 0 aliphatic rings. The first-order chi connectivity index (χ1) is 9.36. The minimum absolute atomic E-state index is 0.649. The first-order valence-corrected chi connectivity index (χ1v) is 6.18. The summed E-state index contributed by atoms with van der Waals surface area (Å²) in [6.45, 7) is 0. The van der Waals surface area contributed by atoms with E-state index in [0.717, 1.165) is 11.9 Å². The van der Waals surface area contributed by atoms with Crippen LogP contribution < -0.4 is 4.74 Å². The molecule has 0 atom stereocenters. The van der Waals surface area contributed by atoms with Crippen LogP contribution in [0.2, 0.25) is 0 Å². The van der Waals surface area contributed by atoms with Gasteiger partial charge >= 0.3 is 0 Å². The molecule has 2 aromatic heterocycles. The van der Waals surface area contributed by atoms with Crippen LogP contribution in [0.1, 0.15) is 11.1 Å². The number of methoxy groups -OCH3 is 1. The third-order valence-electron chi connectivity index (χ3n) is 3.14. The van der Waals surface area contributed by atoms with Gasteiger partial charge in [0.05, 0.1) is 12.6 Å². The lowest BCUT2D eigenvalue weighted by Gasteiger charge is -2.07. The van der Waals surface area contributed by atoms with Crippen molar-refractivity contribution in [3.8, 4) is 5.88 Å². The molecule has 0 amide bonds. The maximum absolute atomic E-state index is 5.16. The van der Waals surface area contributed by atoms with Gasteiger partial charge in [-0.15, -0.1) is 0 Å². The molecule has 3 heteroatoms. The zero-order valence-corrected chi connectivity index (χ0v) is 10.7. The third-order valence-corrected chi connectivity index (χ3v) is 3.14. The van der Waals surface area contributed by atoms with Gasteiger partial charge in [0.15, 0.2) is 0 Å². The lowest BCUT2D eigenvalue weighted by Crippen LogP contribution is -1.93. The Morgan fingerprint density at radius 3 is 2.74 bits per heavy atom. The molecule has 3 nitrogen and oxygen atoms in total. The summed E-state index contributed by atoms with van der Waals surface area (Å²) in [5, 5.41) is 1.20. The van der Waals surface area contributed by atoms with E-state index in [0.29, 0.717) is 5.88 Å². The number of ether oxygens (including phenoxy) is 1. The Kier molecular flexibility index (Phi) is 3.11. The highest BCUT2D eigenvalue weighted by Gasteiger charge is 2.03. The topological polar surface area (TPSA) is 35.0 Å². The van der Waals surface area contributed by atoms with Crippen LogP contribution in [0.5, 0.6) is 5.88 Å². The second kappa shape index (κ2) is 5.06. The molecule has 0 saturated heterocycles. The van der Waals surface area contributed by atoms with Gasteiger partial charge in [0.2, 0.25) is 5.88 Å². The average Bonchev–Trinajstić information content (AvgIpc) is 2.48. The molecule has 0 bridgehead atoms. The Balaban J connectivity index is 2.01. The Labute approximate surface area is 111 Å². The number of benzene rings is 1. The summed E-state index contributed by atoms with van der Waals surface area (Å²) in [5.74, 6) is 0.649. The molecule has 3 aromatic rings. The fourth-order valence-electron chi connectivity index (χ4n) is 2.20. The maximum atomic E-state index is 5.16. The molecular weight excluding hydrogens is 236 g/mol. The number of nitrogens with zero attached hydrogens (tertiary/aromatic N) is 2. The van der Waals surface area contributed by atoms with Crippen LogP contribution in [0.15, 0.2) is 54.9 Å². The van der Waals surface area contributed by atoms with Crippen molar-refractivity contribution in [2.24, 2.45) is 0 Å². The number of hydrogen-bond donors (Lipinski definition) is 0. The molecule has 0 unspecified atom stereocenters. The second-order valence-corrected chi connectivity index (χ2v) is 4.37. The van der Waals surface area contributed by atoms with Crippen molar-refractivity contribution in [1.29, 1.82) is 0 Å². The average molecular weight is 250 g/mol. The Morgan fingerprint density at radius 2 is 1.84 bits per heavy atom. The van der Waals surface area contributed by atoms with Crippen molar-refractivity contribution in [1.82, 2.24) is 9.97 Å². The van der Waals surface area contributed by atoms with E-state index in [-0.39, 0.29) is 0 Å². The monoisotopic (exact) mass is 250 g/mol. The van der Waals surface area contributed by atoms with E-state index in [1.807, 2.05) is 36.5 Å². The first-order valence-electron chi connectivity index (χ1n) is 6.18. The van der Waals surface area contributed by atoms with Gasteiger partial charge in [0.1, 0.15) is 0 Å². The number of rotatable bonds is 3. The van der Waals surface area contributed by atoms with Gasteiger partial charge in [-0.3, -0.25) is 4.98 Å². The van der Waals surface area contributed by atoms with Gasteiger partial charge in [0, 0.05) is 23.8 Å². The molecule has 0 spiro atoms. The highest BCUT2D eigenvalue weighted by molar-refractivity contribution is 5.82. The van der Waals surface area contributed by atoms with Crippen molar-refractivity contribution in [2.75, 3.05) is 7.11 Å².